The van der Waals surface area contributed by atoms with Gasteiger partial charge in [-0.05, 0) is 24.5 Å². The van der Waals surface area contributed by atoms with Crippen LogP contribution in [0.5, 0.6) is 0 Å². The van der Waals surface area contributed by atoms with Crippen LogP contribution in [0.1, 0.15) is 18.4 Å². The minimum Gasteiger partial charge on any atom is -0.289 e. The quantitative estimate of drug-likeness (QED) is 0.800. The van der Waals surface area contributed by atoms with E-state index in [1.807, 2.05) is 0 Å². The number of carbonyl (C=O) groups is 1. The Kier molecular flexibility index (Phi) is 5.03. The van der Waals surface area contributed by atoms with Crippen LogP contribution in [-0.4, -0.2) is 25.0 Å². The zero-order valence-corrected chi connectivity index (χ0v) is 9.96. The Balaban J connectivity index is 2.38. The topological polar surface area (TPSA) is 32.3 Å². The molecule has 0 aliphatic rings. The SMILES string of the molecule is CN(C)NC(=O)CCCc1ccc(F)cc1F. The number of benzene rings is 1. The fourth-order valence-corrected chi connectivity index (χ4v) is 1.47. The molecule has 5 heteroatoms. The van der Waals surface area contributed by atoms with Gasteiger partial charge in [0.05, 0.1) is 0 Å². The maximum absolute atomic E-state index is 13.2. The number of hydrogen-bond acceptors (Lipinski definition) is 2. The van der Waals surface area contributed by atoms with E-state index in [4.69, 9.17) is 0 Å². The molecule has 94 valence electrons. The molecule has 1 amide bonds. The zero-order chi connectivity index (χ0) is 12.8. The maximum atomic E-state index is 13.2. The number of carbonyl (C=O) groups excluding carboxylic acids is 1. The largest absolute Gasteiger partial charge is 0.289 e. The fourth-order valence-electron chi connectivity index (χ4n) is 1.47. The first-order valence-corrected chi connectivity index (χ1v) is 5.40. The molecule has 0 saturated heterocycles. The third-order valence-electron chi connectivity index (χ3n) is 2.21. The summed E-state index contributed by atoms with van der Waals surface area (Å²) in [6.45, 7) is 0. The van der Waals surface area contributed by atoms with Gasteiger partial charge < -0.3 is 0 Å². The van der Waals surface area contributed by atoms with Crippen LogP contribution in [0.15, 0.2) is 18.2 Å². The van der Waals surface area contributed by atoms with E-state index in [0.29, 0.717) is 24.8 Å². The Morgan fingerprint density at radius 1 is 1.35 bits per heavy atom. The minimum absolute atomic E-state index is 0.113. The summed E-state index contributed by atoms with van der Waals surface area (Å²) in [7, 11) is 3.44. The molecule has 0 unspecified atom stereocenters. The second-order valence-electron chi connectivity index (χ2n) is 4.02. The molecule has 0 aliphatic heterocycles. The normalized spacial score (nSPS) is 10.6. The van der Waals surface area contributed by atoms with Crippen LogP contribution in [0.2, 0.25) is 0 Å². The second kappa shape index (κ2) is 6.30. The van der Waals surface area contributed by atoms with Crippen LogP contribution < -0.4 is 5.43 Å². The summed E-state index contributed by atoms with van der Waals surface area (Å²) in [5, 5.41) is 1.56. The molecule has 0 radical (unpaired) electrons. The molecule has 17 heavy (non-hydrogen) atoms. The number of aryl methyl sites for hydroxylation is 1. The van der Waals surface area contributed by atoms with Gasteiger partial charge in [-0.25, -0.2) is 13.8 Å². The van der Waals surface area contributed by atoms with Crippen molar-refractivity contribution in [1.29, 1.82) is 0 Å². The lowest BCUT2D eigenvalue weighted by atomic mass is 10.1. The molecule has 1 aromatic carbocycles. The lowest BCUT2D eigenvalue weighted by molar-refractivity contribution is -0.124. The third kappa shape index (κ3) is 4.91. The van der Waals surface area contributed by atoms with Gasteiger partial charge in [0.1, 0.15) is 11.6 Å². The number of nitrogens with zero attached hydrogens (tertiary/aromatic N) is 1. The molecule has 0 aliphatic carbocycles. The highest BCUT2D eigenvalue weighted by Crippen LogP contribution is 2.12. The molecule has 1 rings (SSSR count). The van der Waals surface area contributed by atoms with E-state index in [1.165, 1.54) is 12.1 Å². The summed E-state index contributed by atoms with van der Waals surface area (Å²) in [5.41, 5.74) is 3.03. The van der Waals surface area contributed by atoms with Crippen molar-refractivity contribution in [2.24, 2.45) is 0 Å². The van der Waals surface area contributed by atoms with Gasteiger partial charge in [0.2, 0.25) is 5.91 Å². The molecule has 0 bridgehead atoms. The predicted molar refractivity (Wildman–Crippen MR) is 61.1 cm³/mol. The van der Waals surface area contributed by atoms with Crippen molar-refractivity contribution in [2.45, 2.75) is 19.3 Å². The fraction of sp³-hybridized carbons (Fsp3) is 0.417. The van der Waals surface area contributed by atoms with Crippen molar-refractivity contribution in [3.8, 4) is 0 Å². The summed E-state index contributed by atoms with van der Waals surface area (Å²) < 4.78 is 25.9. The second-order valence-corrected chi connectivity index (χ2v) is 4.02. The highest BCUT2D eigenvalue weighted by Gasteiger charge is 2.06. The van der Waals surface area contributed by atoms with E-state index < -0.39 is 11.6 Å². The monoisotopic (exact) mass is 242 g/mol. The van der Waals surface area contributed by atoms with E-state index in [-0.39, 0.29) is 5.91 Å². The number of nitrogens with one attached hydrogen (secondary N) is 1. The number of amides is 1. The first-order chi connectivity index (χ1) is 7.99. The van der Waals surface area contributed by atoms with Gasteiger partial charge in [0, 0.05) is 26.6 Å². The van der Waals surface area contributed by atoms with Crippen molar-refractivity contribution in [2.75, 3.05) is 14.1 Å². The Morgan fingerprint density at radius 2 is 2.06 bits per heavy atom. The van der Waals surface area contributed by atoms with Crippen LogP contribution >= 0.6 is 0 Å². The van der Waals surface area contributed by atoms with Gasteiger partial charge in [-0.1, -0.05) is 6.07 Å². The maximum Gasteiger partial charge on any atom is 0.234 e. The van der Waals surface area contributed by atoms with Gasteiger partial charge in [-0.3, -0.25) is 10.2 Å². The molecular formula is C12H16F2N2O. The summed E-state index contributed by atoms with van der Waals surface area (Å²) >= 11 is 0. The average Bonchev–Trinajstić information content (AvgIpc) is 2.20. The summed E-state index contributed by atoms with van der Waals surface area (Å²) in [6.07, 6.45) is 1.27. The number of hydrazine groups is 1. The molecule has 0 spiro atoms. The first kappa shape index (κ1) is 13.6. The van der Waals surface area contributed by atoms with Crippen LogP contribution in [-0.2, 0) is 11.2 Å². The van der Waals surface area contributed by atoms with E-state index in [2.05, 4.69) is 5.43 Å². The van der Waals surface area contributed by atoms with Crippen molar-refractivity contribution in [1.82, 2.24) is 10.4 Å². The molecule has 0 heterocycles. The van der Waals surface area contributed by atoms with E-state index >= 15 is 0 Å². The molecule has 0 fully saturated rings. The van der Waals surface area contributed by atoms with Crippen molar-refractivity contribution in [3.05, 3.63) is 35.4 Å². The lowest BCUT2D eigenvalue weighted by Gasteiger charge is -2.11. The van der Waals surface area contributed by atoms with E-state index in [0.717, 1.165) is 6.07 Å². The van der Waals surface area contributed by atoms with Crippen molar-refractivity contribution in [3.63, 3.8) is 0 Å². The average molecular weight is 242 g/mol. The summed E-state index contributed by atoms with van der Waals surface area (Å²) in [5.74, 6) is -1.26. The van der Waals surface area contributed by atoms with Gasteiger partial charge in [-0.15, -0.1) is 0 Å². The van der Waals surface area contributed by atoms with E-state index in [9.17, 15) is 13.6 Å². The Morgan fingerprint density at radius 3 is 2.65 bits per heavy atom. The van der Waals surface area contributed by atoms with Crippen LogP contribution in [0.4, 0.5) is 8.78 Å². The van der Waals surface area contributed by atoms with Gasteiger partial charge in [-0.2, -0.15) is 0 Å². The minimum atomic E-state index is -0.586. The molecule has 1 aromatic rings. The smallest absolute Gasteiger partial charge is 0.234 e. The lowest BCUT2D eigenvalue weighted by Crippen LogP contribution is -2.35. The molecule has 3 nitrogen and oxygen atoms in total. The number of halogens is 2. The molecule has 0 saturated carbocycles. The van der Waals surface area contributed by atoms with Crippen LogP contribution in [0, 0.1) is 11.6 Å². The summed E-state index contributed by atoms with van der Waals surface area (Å²) in [6, 6.07) is 3.49. The summed E-state index contributed by atoms with van der Waals surface area (Å²) in [4.78, 5) is 11.3. The van der Waals surface area contributed by atoms with Gasteiger partial charge in [0.25, 0.3) is 0 Å². The van der Waals surface area contributed by atoms with Gasteiger partial charge in [0.15, 0.2) is 0 Å². The predicted octanol–water partition coefficient (Wildman–Crippen LogP) is 1.88. The van der Waals surface area contributed by atoms with Crippen molar-refractivity contribution < 1.29 is 13.6 Å². The van der Waals surface area contributed by atoms with Crippen LogP contribution in [0.25, 0.3) is 0 Å². The standard InChI is InChI=1S/C12H16F2N2O/c1-16(2)15-12(17)5-3-4-9-6-7-10(13)8-11(9)14/h6-8H,3-5H2,1-2H3,(H,15,17). The van der Waals surface area contributed by atoms with Crippen molar-refractivity contribution >= 4 is 5.91 Å². The van der Waals surface area contributed by atoms with Gasteiger partial charge >= 0.3 is 0 Å². The highest BCUT2D eigenvalue weighted by atomic mass is 19.1. The highest BCUT2D eigenvalue weighted by molar-refractivity contribution is 5.75. The third-order valence-corrected chi connectivity index (χ3v) is 2.21. The zero-order valence-electron chi connectivity index (χ0n) is 9.96. The number of rotatable bonds is 5. The van der Waals surface area contributed by atoms with E-state index in [1.54, 1.807) is 19.1 Å². The Labute approximate surface area is 99.4 Å². The van der Waals surface area contributed by atoms with Crippen LogP contribution in [0.3, 0.4) is 0 Å². The molecular weight excluding hydrogens is 226 g/mol. The number of hydrogen-bond donors (Lipinski definition) is 1. The first-order valence-electron chi connectivity index (χ1n) is 5.40. The Hall–Kier alpha value is -1.49. The Bertz CT molecular complexity index is 394. The molecule has 0 aromatic heterocycles. The molecule has 1 N–H and O–H groups in total. The molecule has 0 atom stereocenters.